The summed E-state index contributed by atoms with van der Waals surface area (Å²) in [5.74, 6) is 0.898. The molecular formula is C12H25N. The summed E-state index contributed by atoms with van der Waals surface area (Å²) in [6, 6.07) is 0. The van der Waals surface area contributed by atoms with E-state index < -0.39 is 0 Å². The molecule has 1 saturated heterocycles. The Bertz CT molecular complexity index is 146. The van der Waals surface area contributed by atoms with Gasteiger partial charge in [0.05, 0.1) is 0 Å². The lowest BCUT2D eigenvalue weighted by Gasteiger charge is -2.32. The number of likely N-dealkylation sites (tertiary alicyclic amines) is 1. The van der Waals surface area contributed by atoms with Gasteiger partial charge in [-0.15, -0.1) is 0 Å². The van der Waals surface area contributed by atoms with Gasteiger partial charge in [-0.2, -0.15) is 0 Å². The van der Waals surface area contributed by atoms with Crippen molar-refractivity contribution >= 4 is 0 Å². The summed E-state index contributed by atoms with van der Waals surface area (Å²) in [4.78, 5) is 2.61. The molecule has 1 nitrogen and oxygen atoms in total. The number of hydrogen-bond acceptors (Lipinski definition) is 1. The Balaban J connectivity index is 2.54. The van der Waals surface area contributed by atoms with E-state index in [0.29, 0.717) is 5.41 Å². The van der Waals surface area contributed by atoms with E-state index in [4.69, 9.17) is 0 Å². The average molecular weight is 183 g/mol. The van der Waals surface area contributed by atoms with Crippen molar-refractivity contribution in [3.63, 3.8) is 0 Å². The van der Waals surface area contributed by atoms with Crippen LogP contribution in [0.5, 0.6) is 0 Å². The highest BCUT2D eigenvalue weighted by molar-refractivity contribution is 4.79. The average Bonchev–Trinajstić information content (AvgIpc) is 2.27. The van der Waals surface area contributed by atoms with Gasteiger partial charge < -0.3 is 4.90 Å². The second-order valence-electron chi connectivity index (χ2n) is 5.45. The predicted octanol–water partition coefficient (Wildman–Crippen LogP) is 3.15. The van der Waals surface area contributed by atoms with Crippen LogP contribution in [0.1, 0.15) is 47.0 Å². The predicted molar refractivity (Wildman–Crippen MR) is 58.9 cm³/mol. The van der Waals surface area contributed by atoms with Crippen LogP contribution in [0.25, 0.3) is 0 Å². The second kappa shape index (κ2) is 4.45. The normalized spacial score (nSPS) is 27.2. The summed E-state index contributed by atoms with van der Waals surface area (Å²) in [7, 11) is 0. The zero-order valence-corrected chi connectivity index (χ0v) is 9.77. The molecule has 13 heavy (non-hydrogen) atoms. The first-order chi connectivity index (χ1) is 6.04. The van der Waals surface area contributed by atoms with Crippen LogP contribution in [0.2, 0.25) is 0 Å². The minimum absolute atomic E-state index is 0.498. The van der Waals surface area contributed by atoms with Crippen molar-refractivity contribution in [1.29, 1.82) is 0 Å². The Kier molecular flexibility index (Phi) is 3.78. The number of nitrogens with zero attached hydrogens (tertiary/aromatic N) is 1. The fraction of sp³-hybridized carbons (Fsp3) is 1.00. The Hall–Kier alpha value is -0.0400. The number of rotatable bonds is 1. The molecule has 0 radical (unpaired) electrons. The lowest BCUT2D eigenvalue weighted by molar-refractivity contribution is 0.164. The Morgan fingerprint density at radius 2 is 1.92 bits per heavy atom. The van der Waals surface area contributed by atoms with Gasteiger partial charge in [-0.25, -0.2) is 0 Å². The van der Waals surface area contributed by atoms with Crippen LogP contribution in [-0.2, 0) is 0 Å². The Morgan fingerprint density at radius 3 is 2.46 bits per heavy atom. The molecular weight excluding hydrogens is 158 g/mol. The third-order valence-corrected chi connectivity index (χ3v) is 3.43. The molecule has 1 aliphatic rings. The fourth-order valence-corrected chi connectivity index (χ4v) is 2.21. The van der Waals surface area contributed by atoms with Crippen LogP contribution in [0.4, 0.5) is 0 Å². The monoisotopic (exact) mass is 183 g/mol. The van der Waals surface area contributed by atoms with Crippen molar-refractivity contribution in [2.45, 2.75) is 47.0 Å². The van der Waals surface area contributed by atoms with Crippen molar-refractivity contribution in [3.8, 4) is 0 Å². The van der Waals surface area contributed by atoms with Gasteiger partial charge in [0.25, 0.3) is 0 Å². The lowest BCUT2D eigenvalue weighted by Crippen LogP contribution is -2.33. The molecule has 0 amide bonds. The van der Waals surface area contributed by atoms with Gasteiger partial charge in [0.15, 0.2) is 0 Å². The van der Waals surface area contributed by atoms with E-state index in [-0.39, 0.29) is 0 Å². The molecule has 0 N–H and O–H groups in total. The molecule has 0 aromatic heterocycles. The molecule has 1 atom stereocenters. The Morgan fingerprint density at radius 1 is 1.23 bits per heavy atom. The molecule has 1 fully saturated rings. The third kappa shape index (κ3) is 3.30. The highest BCUT2D eigenvalue weighted by Gasteiger charge is 2.27. The largest absolute Gasteiger partial charge is 0.303 e. The standard InChI is InChI=1S/C12H25N/c1-5-13-9-7-6-8-11(10-13)12(2,3)4/h11H,5-10H2,1-4H3. The highest BCUT2D eigenvalue weighted by atomic mass is 15.1. The molecule has 0 aliphatic carbocycles. The van der Waals surface area contributed by atoms with Crippen molar-refractivity contribution in [3.05, 3.63) is 0 Å². The summed E-state index contributed by atoms with van der Waals surface area (Å²) in [6.07, 6.45) is 4.26. The highest BCUT2D eigenvalue weighted by Crippen LogP contribution is 2.32. The van der Waals surface area contributed by atoms with Crippen molar-refractivity contribution < 1.29 is 0 Å². The van der Waals surface area contributed by atoms with E-state index in [1.165, 1.54) is 38.9 Å². The fourth-order valence-electron chi connectivity index (χ4n) is 2.21. The SMILES string of the molecule is CCN1CCCCC(C(C)(C)C)C1. The Labute approximate surface area is 83.5 Å². The minimum Gasteiger partial charge on any atom is -0.303 e. The summed E-state index contributed by atoms with van der Waals surface area (Å²) in [5.41, 5.74) is 0.498. The van der Waals surface area contributed by atoms with Gasteiger partial charge in [-0.05, 0) is 37.3 Å². The van der Waals surface area contributed by atoms with Crippen molar-refractivity contribution in [1.82, 2.24) is 4.90 Å². The maximum atomic E-state index is 2.61. The van der Waals surface area contributed by atoms with E-state index in [1.807, 2.05) is 0 Å². The van der Waals surface area contributed by atoms with Crippen molar-refractivity contribution in [2.75, 3.05) is 19.6 Å². The summed E-state index contributed by atoms with van der Waals surface area (Å²) in [5, 5.41) is 0. The summed E-state index contributed by atoms with van der Waals surface area (Å²) in [6.45, 7) is 13.3. The zero-order valence-electron chi connectivity index (χ0n) is 9.77. The van der Waals surface area contributed by atoms with E-state index in [2.05, 4.69) is 32.6 Å². The molecule has 0 saturated carbocycles. The van der Waals surface area contributed by atoms with Gasteiger partial charge in [-0.3, -0.25) is 0 Å². The van der Waals surface area contributed by atoms with Crippen molar-refractivity contribution in [2.24, 2.45) is 11.3 Å². The minimum atomic E-state index is 0.498. The molecule has 1 heteroatoms. The van der Waals surface area contributed by atoms with Crippen LogP contribution in [0, 0.1) is 11.3 Å². The molecule has 0 spiro atoms. The van der Waals surface area contributed by atoms with Crippen LogP contribution in [-0.4, -0.2) is 24.5 Å². The molecule has 1 unspecified atom stereocenters. The van der Waals surface area contributed by atoms with E-state index in [9.17, 15) is 0 Å². The molecule has 0 aromatic rings. The van der Waals surface area contributed by atoms with Gasteiger partial charge in [0, 0.05) is 6.54 Å². The molecule has 0 bridgehead atoms. The first-order valence-electron chi connectivity index (χ1n) is 5.76. The van der Waals surface area contributed by atoms with E-state index >= 15 is 0 Å². The quantitative estimate of drug-likeness (QED) is 0.603. The molecule has 1 heterocycles. The maximum Gasteiger partial charge on any atom is 0.00145 e. The topological polar surface area (TPSA) is 3.24 Å². The van der Waals surface area contributed by atoms with E-state index in [1.54, 1.807) is 0 Å². The second-order valence-corrected chi connectivity index (χ2v) is 5.45. The van der Waals surface area contributed by atoms with Gasteiger partial charge in [0.1, 0.15) is 0 Å². The summed E-state index contributed by atoms with van der Waals surface area (Å²) >= 11 is 0. The molecule has 78 valence electrons. The molecule has 1 aliphatic heterocycles. The van der Waals surface area contributed by atoms with Crippen LogP contribution < -0.4 is 0 Å². The van der Waals surface area contributed by atoms with Gasteiger partial charge in [0.2, 0.25) is 0 Å². The zero-order chi connectivity index (χ0) is 9.90. The van der Waals surface area contributed by atoms with Crippen LogP contribution >= 0.6 is 0 Å². The first-order valence-corrected chi connectivity index (χ1v) is 5.76. The van der Waals surface area contributed by atoms with Crippen LogP contribution in [0.15, 0.2) is 0 Å². The smallest absolute Gasteiger partial charge is 0.00145 e. The van der Waals surface area contributed by atoms with E-state index in [0.717, 1.165) is 5.92 Å². The summed E-state index contributed by atoms with van der Waals surface area (Å²) < 4.78 is 0. The molecule has 1 rings (SSSR count). The first kappa shape index (κ1) is 11.0. The maximum absolute atomic E-state index is 2.61. The number of hydrogen-bond donors (Lipinski definition) is 0. The van der Waals surface area contributed by atoms with Gasteiger partial charge in [-0.1, -0.05) is 34.1 Å². The van der Waals surface area contributed by atoms with Crippen LogP contribution in [0.3, 0.4) is 0 Å². The molecule has 0 aromatic carbocycles. The van der Waals surface area contributed by atoms with Gasteiger partial charge >= 0.3 is 0 Å². The lowest BCUT2D eigenvalue weighted by atomic mass is 9.78. The third-order valence-electron chi connectivity index (χ3n) is 3.43.